The molecule has 0 amide bonds. The predicted octanol–water partition coefficient (Wildman–Crippen LogP) is 5.58. The predicted molar refractivity (Wildman–Crippen MR) is 73.9 cm³/mol. The molecule has 0 aliphatic carbocycles. The Morgan fingerprint density at radius 3 is 2.47 bits per heavy atom. The average Bonchev–Trinajstić information content (AvgIpc) is 2.57. The van der Waals surface area contributed by atoms with Crippen LogP contribution < -0.4 is 0 Å². The monoisotopic (exact) mass is 380 g/mol. The molecule has 0 aliphatic heterocycles. The maximum absolute atomic E-state index is 13.6. The average molecular weight is 382 g/mol. The molecule has 0 saturated carbocycles. The van der Waals surface area contributed by atoms with Crippen molar-refractivity contribution in [3.63, 3.8) is 0 Å². The number of halogens is 4. The Kier molecular flexibility index (Phi) is 4.00. The summed E-state index contributed by atoms with van der Waals surface area (Å²) < 4.78 is 27.4. The first-order chi connectivity index (χ1) is 7.99. The summed E-state index contributed by atoms with van der Waals surface area (Å²) in [7, 11) is 0. The van der Waals surface area contributed by atoms with Gasteiger partial charge in [0.05, 0.1) is 4.83 Å². The Bertz CT molecular complexity index is 551. The van der Waals surface area contributed by atoms with Crippen molar-refractivity contribution in [3.8, 4) is 0 Å². The molecule has 1 aromatic carbocycles. The van der Waals surface area contributed by atoms with Gasteiger partial charge in [-0.05, 0) is 35.0 Å². The third kappa shape index (κ3) is 2.77. The van der Waals surface area contributed by atoms with Gasteiger partial charge < -0.3 is 0 Å². The molecule has 2 rings (SSSR count). The minimum atomic E-state index is -0.563. The van der Waals surface area contributed by atoms with Crippen LogP contribution in [0.5, 0.6) is 0 Å². The fraction of sp³-hybridized carbons (Fsp3) is 0.167. The molecule has 1 aromatic heterocycles. The van der Waals surface area contributed by atoms with E-state index in [-0.39, 0.29) is 4.83 Å². The second kappa shape index (κ2) is 5.16. The standard InChI is InChI=1S/C12H8Br2F2S/c1-6-4-9(13)12(17-6)11(14)8-3-2-7(15)5-10(8)16/h2-5,11H,1H3. The summed E-state index contributed by atoms with van der Waals surface area (Å²) in [4.78, 5) is 1.85. The molecule has 0 nitrogen and oxygen atoms in total. The van der Waals surface area contributed by atoms with E-state index in [1.165, 1.54) is 12.1 Å². The molecule has 2 aromatic rings. The molecule has 1 heterocycles. The number of thiophene rings is 1. The van der Waals surface area contributed by atoms with E-state index < -0.39 is 11.6 Å². The number of alkyl halides is 1. The van der Waals surface area contributed by atoms with Gasteiger partial charge in [-0.3, -0.25) is 0 Å². The van der Waals surface area contributed by atoms with Crippen molar-refractivity contribution >= 4 is 43.2 Å². The fourth-order valence-corrected chi connectivity index (χ4v) is 4.60. The minimum Gasteiger partial charge on any atom is -0.207 e. The SMILES string of the molecule is Cc1cc(Br)c(C(Br)c2ccc(F)cc2F)s1. The van der Waals surface area contributed by atoms with E-state index in [1.807, 2.05) is 13.0 Å². The lowest BCUT2D eigenvalue weighted by atomic mass is 10.1. The normalized spacial score (nSPS) is 12.8. The molecule has 0 fully saturated rings. The van der Waals surface area contributed by atoms with E-state index in [1.54, 1.807) is 11.3 Å². The van der Waals surface area contributed by atoms with Gasteiger partial charge in [0.1, 0.15) is 11.6 Å². The van der Waals surface area contributed by atoms with Crippen molar-refractivity contribution in [2.24, 2.45) is 0 Å². The van der Waals surface area contributed by atoms with Crippen LogP contribution in [-0.4, -0.2) is 0 Å². The zero-order valence-corrected chi connectivity index (χ0v) is 12.8. The summed E-state index contributed by atoms with van der Waals surface area (Å²) in [6, 6.07) is 5.61. The summed E-state index contributed by atoms with van der Waals surface area (Å²) in [6.07, 6.45) is 0. The van der Waals surface area contributed by atoms with Crippen molar-refractivity contribution in [2.75, 3.05) is 0 Å². The summed E-state index contributed by atoms with van der Waals surface area (Å²) in [5.74, 6) is -1.10. The van der Waals surface area contributed by atoms with Crippen molar-refractivity contribution < 1.29 is 8.78 Å². The van der Waals surface area contributed by atoms with Gasteiger partial charge in [0.2, 0.25) is 0 Å². The number of rotatable bonds is 2. The van der Waals surface area contributed by atoms with Crippen molar-refractivity contribution in [1.82, 2.24) is 0 Å². The zero-order chi connectivity index (χ0) is 12.6. The Morgan fingerprint density at radius 1 is 1.24 bits per heavy atom. The maximum atomic E-state index is 13.6. The Balaban J connectivity index is 2.43. The Labute approximate surface area is 119 Å². The van der Waals surface area contributed by atoms with Gasteiger partial charge in [0, 0.05) is 25.9 Å². The van der Waals surface area contributed by atoms with Crippen LogP contribution in [0.4, 0.5) is 8.78 Å². The molecule has 17 heavy (non-hydrogen) atoms. The Hall–Kier alpha value is -0.260. The quantitative estimate of drug-likeness (QED) is 0.595. The lowest BCUT2D eigenvalue weighted by Crippen LogP contribution is -1.95. The van der Waals surface area contributed by atoms with Crippen molar-refractivity contribution in [1.29, 1.82) is 0 Å². The van der Waals surface area contributed by atoms with Gasteiger partial charge in [0.25, 0.3) is 0 Å². The highest BCUT2D eigenvalue weighted by molar-refractivity contribution is 9.11. The molecular formula is C12H8Br2F2S. The number of hydrogen-bond donors (Lipinski definition) is 0. The molecule has 0 N–H and O–H groups in total. The molecule has 1 unspecified atom stereocenters. The first-order valence-corrected chi connectivity index (χ1v) is 7.36. The van der Waals surface area contributed by atoms with Crippen LogP contribution in [0.3, 0.4) is 0 Å². The maximum Gasteiger partial charge on any atom is 0.130 e. The summed E-state index contributed by atoms with van der Waals surface area (Å²) in [5, 5.41) is 0. The molecule has 0 bridgehead atoms. The van der Waals surface area contributed by atoms with Crippen molar-refractivity contribution in [3.05, 3.63) is 55.7 Å². The van der Waals surface area contributed by atoms with Gasteiger partial charge in [0.15, 0.2) is 0 Å². The van der Waals surface area contributed by atoms with Crippen LogP contribution in [0.15, 0.2) is 28.7 Å². The van der Waals surface area contributed by atoms with E-state index in [0.717, 1.165) is 20.3 Å². The van der Waals surface area contributed by atoms with Crippen LogP contribution in [-0.2, 0) is 0 Å². The summed E-state index contributed by atoms with van der Waals surface area (Å²) in [6.45, 7) is 1.99. The number of hydrogen-bond acceptors (Lipinski definition) is 1. The van der Waals surface area contributed by atoms with Crippen LogP contribution in [0.25, 0.3) is 0 Å². The summed E-state index contributed by atoms with van der Waals surface area (Å²) in [5.41, 5.74) is 0.439. The van der Waals surface area contributed by atoms with E-state index in [4.69, 9.17) is 0 Å². The van der Waals surface area contributed by atoms with Gasteiger partial charge in [-0.2, -0.15) is 0 Å². The highest BCUT2D eigenvalue weighted by Gasteiger charge is 2.19. The van der Waals surface area contributed by atoms with Crippen LogP contribution in [0.2, 0.25) is 0 Å². The van der Waals surface area contributed by atoms with Crippen LogP contribution >= 0.6 is 43.2 Å². The van der Waals surface area contributed by atoms with Crippen LogP contribution in [0.1, 0.15) is 20.1 Å². The number of benzene rings is 1. The molecule has 5 heteroatoms. The minimum absolute atomic E-state index is 0.267. The van der Waals surface area contributed by atoms with E-state index in [0.29, 0.717) is 5.56 Å². The molecular weight excluding hydrogens is 374 g/mol. The smallest absolute Gasteiger partial charge is 0.130 e. The van der Waals surface area contributed by atoms with Gasteiger partial charge in [-0.1, -0.05) is 22.0 Å². The molecule has 0 radical (unpaired) electrons. The number of aryl methyl sites for hydroxylation is 1. The first-order valence-electron chi connectivity index (χ1n) is 4.84. The largest absolute Gasteiger partial charge is 0.207 e. The molecule has 0 spiro atoms. The fourth-order valence-electron chi connectivity index (χ4n) is 1.52. The van der Waals surface area contributed by atoms with Gasteiger partial charge in [-0.25, -0.2) is 8.78 Å². The van der Waals surface area contributed by atoms with E-state index in [9.17, 15) is 8.78 Å². The highest BCUT2D eigenvalue weighted by Crippen LogP contribution is 2.41. The van der Waals surface area contributed by atoms with Gasteiger partial charge >= 0.3 is 0 Å². The third-order valence-corrected chi connectivity index (χ3v) is 5.59. The van der Waals surface area contributed by atoms with E-state index in [2.05, 4.69) is 31.9 Å². The first kappa shape index (κ1) is 13.2. The second-order valence-corrected chi connectivity index (χ2v) is 6.66. The molecule has 0 saturated heterocycles. The molecule has 1 atom stereocenters. The van der Waals surface area contributed by atoms with E-state index >= 15 is 0 Å². The second-order valence-electron chi connectivity index (χ2n) is 3.60. The Morgan fingerprint density at radius 2 is 1.94 bits per heavy atom. The molecule has 0 aliphatic rings. The lowest BCUT2D eigenvalue weighted by Gasteiger charge is -2.10. The highest BCUT2D eigenvalue weighted by atomic mass is 79.9. The third-order valence-electron chi connectivity index (χ3n) is 2.30. The molecule has 90 valence electrons. The van der Waals surface area contributed by atoms with Crippen LogP contribution in [0, 0.1) is 18.6 Å². The van der Waals surface area contributed by atoms with Crippen molar-refractivity contribution in [2.45, 2.75) is 11.8 Å². The summed E-state index contributed by atoms with van der Waals surface area (Å²) >= 11 is 8.47. The topological polar surface area (TPSA) is 0 Å². The zero-order valence-electron chi connectivity index (χ0n) is 8.81. The van der Waals surface area contributed by atoms with Gasteiger partial charge in [-0.15, -0.1) is 11.3 Å². The lowest BCUT2D eigenvalue weighted by molar-refractivity contribution is 0.574.